The number of aromatic nitrogens is 4. The van der Waals surface area contributed by atoms with Crippen molar-refractivity contribution in [3.63, 3.8) is 0 Å². The van der Waals surface area contributed by atoms with Gasteiger partial charge in [-0.1, -0.05) is 19.9 Å². The number of benzene rings is 1. The van der Waals surface area contributed by atoms with Gasteiger partial charge in [0.1, 0.15) is 11.4 Å². The Morgan fingerprint density at radius 3 is 2.81 bits per heavy atom. The number of hydrogen-bond donors (Lipinski definition) is 2. The van der Waals surface area contributed by atoms with Gasteiger partial charge in [0, 0.05) is 31.2 Å². The van der Waals surface area contributed by atoms with Crippen LogP contribution in [0.1, 0.15) is 54.6 Å². The highest BCUT2D eigenvalue weighted by Crippen LogP contribution is 2.38. The van der Waals surface area contributed by atoms with Crippen molar-refractivity contribution in [1.82, 2.24) is 24.4 Å². The summed E-state index contributed by atoms with van der Waals surface area (Å²) in [5, 5.41) is 14.7. The topological polar surface area (TPSA) is 79.1 Å². The van der Waals surface area contributed by atoms with Gasteiger partial charge < -0.3 is 15.3 Å². The predicted octanol–water partition coefficient (Wildman–Crippen LogP) is 4.79. The van der Waals surface area contributed by atoms with Crippen LogP contribution in [0.15, 0.2) is 36.7 Å². The van der Waals surface area contributed by atoms with Crippen LogP contribution < -0.4 is 5.32 Å². The van der Waals surface area contributed by atoms with Crippen LogP contribution in [-0.4, -0.2) is 43.1 Å². The second kappa shape index (κ2) is 8.64. The maximum atomic E-state index is 14.9. The molecule has 2 aliphatic rings. The van der Waals surface area contributed by atoms with E-state index in [9.17, 15) is 9.50 Å². The van der Waals surface area contributed by atoms with E-state index in [4.69, 9.17) is 4.98 Å². The molecule has 0 saturated carbocycles. The van der Waals surface area contributed by atoms with Gasteiger partial charge >= 0.3 is 0 Å². The third-order valence-corrected chi connectivity index (χ3v) is 7.80. The van der Waals surface area contributed by atoms with Crippen molar-refractivity contribution in [3.8, 4) is 5.82 Å². The zero-order valence-corrected chi connectivity index (χ0v) is 21.0. The van der Waals surface area contributed by atoms with E-state index in [2.05, 4.69) is 46.3 Å². The Labute approximate surface area is 210 Å². The molecule has 2 N–H and O–H groups in total. The molecule has 186 valence electrons. The van der Waals surface area contributed by atoms with Crippen LogP contribution in [0, 0.1) is 5.82 Å². The fraction of sp³-hybridized carbons (Fsp3) is 0.393. The van der Waals surface area contributed by atoms with Crippen molar-refractivity contribution in [3.05, 3.63) is 70.4 Å². The number of pyridine rings is 1. The zero-order chi connectivity index (χ0) is 25.0. The largest absolute Gasteiger partial charge is 0.384 e. The summed E-state index contributed by atoms with van der Waals surface area (Å²) in [5.41, 5.74) is 6.27. The summed E-state index contributed by atoms with van der Waals surface area (Å²) >= 11 is 0. The van der Waals surface area contributed by atoms with Crippen molar-refractivity contribution in [1.29, 1.82) is 0 Å². The van der Waals surface area contributed by atoms with Crippen LogP contribution in [0.3, 0.4) is 0 Å². The number of anilines is 2. The molecule has 0 bridgehead atoms. The van der Waals surface area contributed by atoms with Crippen molar-refractivity contribution in [2.45, 2.75) is 58.1 Å². The minimum Gasteiger partial charge on any atom is -0.384 e. The molecule has 4 heterocycles. The number of aryl methyl sites for hydroxylation is 2. The highest BCUT2D eigenvalue weighted by molar-refractivity contribution is 5.79. The highest BCUT2D eigenvalue weighted by Gasteiger charge is 2.37. The first kappa shape index (κ1) is 23.1. The Balaban J connectivity index is 1.39. The van der Waals surface area contributed by atoms with E-state index in [1.807, 2.05) is 19.1 Å². The summed E-state index contributed by atoms with van der Waals surface area (Å²) in [6.07, 6.45) is 6.96. The smallest absolute Gasteiger partial charge is 0.229 e. The molecule has 3 aromatic heterocycles. The molecule has 1 aromatic carbocycles. The summed E-state index contributed by atoms with van der Waals surface area (Å²) in [7, 11) is 2.14. The van der Waals surface area contributed by atoms with Crippen molar-refractivity contribution in [2.24, 2.45) is 0 Å². The van der Waals surface area contributed by atoms with Gasteiger partial charge in [-0.3, -0.25) is 4.57 Å². The molecule has 0 radical (unpaired) electrons. The number of hydrogen-bond acceptors (Lipinski definition) is 6. The maximum Gasteiger partial charge on any atom is 0.229 e. The molecule has 1 aliphatic heterocycles. The standard InChI is InChI=1S/C28H31FN6O/c1-4-17-12-20(13-19-15-34(3)11-9-21(17)19)31-27-30-14-22-23(29)16-35(26(22)33-27)24-7-6-18-8-10-28(36,5-2)25(18)32-24/h6-7,12-14,16,36H,4-5,8-11,15H2,1-3H3,(H,30,31,33). The molecule has 0 amide bonds. The van der Waals surface area contributed by atoms with Gasteiger partial charge in [0.2, 0.25) is 5.95 Å². The van der Waals surface area contributed by atoms with E-state index in [0.29, 0.717) is 41.3 Å². The Hall–Kier alpha value is -3.36. The average Bonchev–Trinajstić information content (AvgIpc) is 3.40. The van der Waals surface area contributed by atoms with Crippen LogP contribution in [0.4, 0.5) is 16.0 Å². The van der Waals surface area contributed by atoms with Gasteiger partial charge in [0.15, 0.2) is 11.5 Å². The van der Waals surface area contributed by atoms with E-state index < -0.39 is 11.4 Å². The van der Waals surface area contributed by atoms with Crippen LogP contribution in [0.2, 0.25) is 0 Å². The third-order valence-electron chi connectivity index (χ3n) is 7.80. The van der Waals surface area contributed by atoms with Gasteiger partial charge in [-0.05, 0) is 79.6 Å². The minimum atomic E-state index is -0.938. The number of rotatable bonds is 5. The van der Waals surface area contributed by atoms with Crippen LogP contribution in [0.25, 0.3) is 16.9 Å². The summed E-state index contributed by atoms with van der Waals surface area (Å²) in [6.45, 7) is 6.13. The molecule has 1 unspecified atom stereocenters. The Kier molecular flexibility index (Phi) is 5.53. The van der Waals surface area contributed by atoms with Gasteiger partial charge in [-0.25, -0.2) is 14.4 Å². The Bertz CT molecular complexity index is 1480. The highest BCUT2D eigenvalue weighted by atomic mass is 19.1. The molecule has 8 heteroatoms. The summed E-state index contributed by atoms with van der Waals surface area (Å²) in [6, 6.07) is 8.18. The Morgan fingerprint density at radius 2 is 2.00 bits per heavy atom. The van der Waals surface area contributed by atoms with Crippen LogP contribution in [0.5, 0.6) is 0 Å². The number of nitrogens with zero attached hydrogens (tertiary/aromatic N) is 5. The van der Waals surface area contributed by atoms with E-state index in [1.165, 1.54) is 29.1 Å². The summed E-state index contributed by atoms with van der Waals surface area (Å²) in [4.78, 5) is 16.2. The average molecular weight is 487 g/mol. The molecule has 6 rings (SSSR count). The van der Waals surface area contributed by atoms with Crippen LogP contribution >= 0.6 is 0 Å². The number of likely N-dealkylation sites (N-methyl/N-ethyl adjacent to an activating group) is 1. The van der Waals surface area contributed by atoms with Gasteiger partial charge in [-0.2, -0.15) is 4.98 Å². The third kappa shape index (κ3) is 3.76. The second-order valence-corrected chi connectivity index (χ2v) is 10.1. The monoisotopic (exact) mass is 486 g/mol. The SMILES string of the molecule is CCc1cc(Nc2ncc3c(F)cn(-c4ccc5c(n4)C(O)(CC)CC5)c3n2)cc2c1CCN(C)C2. The number of aliphatic hydroxyl groups is 1. The quantitative estimate of drug-likeness (QED) is 0.422. The Morgan fingerprint density at radius 1 is 1.14 bits per heavy atom. The molecule has 7 nitrogen and oxygen atoms in total. The predicted molar refractivity (Wildman–Crippen MR) is 138 cm³/mol. The summed E-state index contributed by atoms with van der Waals surface area (Å²) < 4.78 is 16.5. The molecular weight excluding hydrogens is 455 g/mol. The maximum absolute atomic E-state index is 14.9. The second-order valence-electron chi connectivity index (χ2n) is 10.1. The normalized spacial score (nSPS) is 19.5. The lowest BCUT2D eigenvalue weighted by molar-refractivity contribution is 0.0306. The number of halogens is 1. The fourth-order valence-corrected chi connectivity index (χ4v) is 5.67. The minimum absolute atomic E-state index is 0.329. The fourth-order valence-electron chi connectivity index (χ4n) is 5.67. The molecular formula is C28H31FN6O. The lowest BCUT2D eigenvalue weighted by atomic mass is 9.92. The van der Waals surface area contributed by atoms with Gasteiger partial charge in [0.05, 0.1) is 11.1 Å². The van der Waals surface area contributed by atoms with Crippen molar-refractivity contribution < 1.29 is 9.50 Å². The molecule has 36 heavy (non-hydrogen) atoms. The summed E-state index contributed by atoms with van der Waals surface area (Å²) in [5.74, 6) is 0.528. The van der Waals surface area contributed by atoms with E-state index in [1.54, 1.807) is 4.57 Å². The first-order valence-electron chi connectivity index (χ1n) is 12.8. The van der Waals surface area contributed by atoms with Gasteiger partial charge in [-0.15, -0.1) is 0 Å². The molecule has 0 fully saturated rings. The number of nitrogens with one attached hydrogen (secondary N) is 1. The number of fused-ring (bicyclic) bond motifs is 3. The molecule has 0 saturated heterocycles. The van der Waals surface area contributed by atoms with Crippen LogP contribution in [-0.2, 0) is 31.4 Å². The lowest BCUT2D eigenvalue weighted by Crippen LogP contribution is -2.27. The molecule has 1 atom stereocenters. The lowest BCUT2D eigenvalue weighted by Gasteiger charge is -2.27. The van der Waals surface area contributed by atoms with Crippen molar-refractivity contribution >= 4 is 22.7 Å². The molecule has 1 aliphatic carbocycles. The van der Waals surface area contributed by atoms with E-state index in [-0.39, 0.29) is 0 Å². The molecule has 4 aromatic rings. The first-order valence-corrected chi connectivity index (χ1v) is 12.8. The van der Waals surface area contributed by atoms with E-state index >= 15 is 0 Å². The van der Waals surface area contributed by atoms with Crippen molar-refractivity contribution in [2.75, 3.05) is 18.9 Å². The van der Waals surface area contributed by atoms with Gasteiger partial charge in [0.25, 0.3) is 0 Å². The molecule has 0 spiro atoms. The zero-order valence-electron chi connectivity index (χ0n) is 21.0. The first-order chi connectivity index (χ1) is 17.4. The van der Waals surface area contributed by atoms with E-state index in [0.717, 1.165) is 43.6 Å².